The van der Waals surface area contributed by atoms with Gasteiger partial charge in [-0.05, 0) is 50.5 Å². The average molecular weight is 312 g/mol. The number of rotatable bonds is 14. The fourth-order valence-electron chi connectivity index (χ4n) is 3.02. The molecule has 0 spiro atoms. The smallest absolute Gasteiger partial charge is 0.0614 e. The van der Waals surface area contributed by atoms with Gasteiger partial charge in [0.05, 0.1) is 6.61 Å². The van der Waals surface area contributed by atoms with E-state index < -0.39 is 0 Å². The molecule has 0 saturated heterocycles. The highest BCUT2D eigenvalue weighted by Crippen LogP contribution is 2.21. The summed E-state index contributed by atoms with van der Waals surface area (Å²) in [7, 11) is 0. The number of allylic oxidation sites excluding steroid dienone is 1. The Kier molecular flexibility index (Phi) is 14.0. The predicted octanol–water partition coefficient (Wildman–Crippen LogP) is 5.30. The summed E-state index contributed by atoms with van der Waals surface area (Å²) < 4.78 is 0. The topological polar surface area (TPSA) is 46.2 Å². The molecule has 0 heterocycles. The quantitative estimate of drug-likeness (QED) is 0.427. The lowest BCUT2D eigenvalue weighted by atomic mass is 9.91. The van der Waals surface area contributed by atoms with E-state index >= 15 is 0 Å². The molecule has 0 bridgehead atoms. The Morgan fingerprint density at radius 1 is 0.864 bits per heavy atom. The van der Waals surface area contributed by atoms with Crippen LogP contribution >= 0.6 is 0 Å². The third kappa shape index (κ3) is 13.3. The predicted molar refractivity (Wildman–Crippen MR) is 98.9 cm³/mol. The monoisotopic (exact) mass is 311 g/mol. The molecule has 0 aliphatic carbocycles. The first-order valence-electron chi connectivity index (χ1n) is 9.46. The Morgan fingerprint density at radius 2 is 1.32 bits per heavy atom. The second kappa shape index (κ2) is 14.3. The Morgan fingerprint density at radius 3 is 1.77 bits per heavy atom. The second-order valence-electron chi connectivity index (χ2n) is 7.54. The van der Waals surface area contributed by atoms with E-state index in [0.29, 0.717) is 5.92 Å². The summed E-state index contributed by atoms with van der Waals surface area (Å²) >= 11 is 0. The van der Waals surface area contributed by atoms with E-state index in [1.54, 1.807) is 0 Å². The number of aliphatic hydroxyl groups excluding tert-OH is 1. The summed E-state index contributed by atoms with van der Waals surface area (Å²) in [5, 5.41) is 8.84. The molecule has 3 atom stereocenters. The molecule has 2 nitrogen and oxygen atoms in total. The molecule has 0 fully saturated rings. The zero-order valence-corrected chi connectivity index (χ0v) is 15.6. The SMILES string of the molecule is C/C(=C\CO)CCC[C@H](C)CCC[C@H](C)CCCC(C)CN. The highest BCUT2D eigenvalue weighted by Gasteiger charge is 2.07. The Hall–Kier alpha value is -0.340. The van der Waals surface area contributed by atoms with Crippen LogP contribution in [0.25, 0.3) is 0 Å². The van der Waals surface area contributed by atoms with Gasteiger partial charge < -0.3 is 10.8 Å². The van der Waals surface area contributed by atoms with Gasteiger partial charge in [-0.25, -0.2) is 0 Å². The van der Waals surface area contributed by atoms with Crippen molar-refractivity contribution in [3.05, 3.63) is 11.6 Å². The zero-order valence-electron chi connectivity index (χ0n) is 15.6. The van der Waals surface area contributed by atoms with Crippen molar-refractivity contribution in [2.24, 2.45) is 23.5 Å². The molecule has 3 N–H and O–H groups in total. The first-order chi connectivity index (χ1) is 10.5. The highest BCUT2D eigenvalue weighted by molar-refractivity contribution is 4.97. The number of nitrogens with two attached hydrogens (primary N) is 1. The Bertz CT molecular complexity index is 275. The molecular weight excluding hydrogens is 270 g/mol. The fraction of sp³-hybridized carbons (Fsp3) is 0.900. The van der Waals surface area contributed by atoms with E-state index in [4.69, 9.17) is 10.8 Å². The van der Waals surface area contributed by atoms with Gasteiger partial charge in [-0.3, -0.25) is 0 Å². The first kappa shape index (κ1) is 21.7. The third-order valence-electron chi connectivity index (χ3n) is 4.90. The van der Waals surface area contributed by atoms with Crippen LogP contribution < -0.4 is 5.73 Å². The van der Waals surface area contributed by atoms with Crippen molar-refractivity contribution in [1.29, 1.82) is 0 Å². The minimum atomic E-state index is 0.184. The number of hydrogen-bond donors (Lipinski definition) is 2. The summed E-state index contributed by atoms with van der Waals surface area (Å²) in [4.78, 5) is 0. The standard InChI is InChI=1S/C20H41NO/c1-17(10-6-12-19(3)14-15-22)8-5-9-18(2)11-7-13-20(4)16-21/h14,17-18,20,22H,5-13,15-16,21H2,1-4H3/b19-14+/t17-,18+,20?/m1/s1. The first-order valence-corrected chi connectivity index (χ1v) is 9.46. The zero-order chi connectivity index (χ0) is 16.8. The van der Waals surface area contributed by atoms with E-state index in [9.17, 15) is 0 Å². The molecule has 1 unspecified atom stereocenters. The van der Waals surface area contributed by atoms with Gasteiger partial charge >= 0.3 is 0 Å². The summed E-state index contributed by atoms with van der Waals surface area (Å²) in [5.74, 6) is 2.40. The van der Waals surface area contributed by atoms with Crippen LogP contribution in [0.2, 0.25) is 0 Å². The molecular formula is C20H41NO. The lowest BCUT2D eigenvalue weighted by Crippen LogP contribution is -2.10. The molecule has 0 aliphatic rings. The van der Waals surface area contributed by atoms with Crippen LogP contribution in [0.15, 0.2) is 11.6 Å². The lowest BCUT2D eigenvalue weighted by Gasteiger charge is -2.15. The Balaban J connectivity index is 3.54. The second-order valence-corrected chi connectivity index (χ2v) is 7.54. The largest absolute Gasteiger partial charge is 0.392 e. The van der Waals surface area contributed by atoms with Crippen molar-refractivity contribution in [3.8, 4) is 0 Å². The molecule has 0 aromatic carbocycles. The van der Waals surface area contributed by atoms with Gasteiger partial charge in [-0.15, -0.1) is 0 Å². The summed E-state index contributed by atoms with van der Waals surface area (Å²) in [5.41, 5.74) is 6.99. The van der Waals surface area contributed by atoms with E-state index in [2.05, 4.69) is 27.7 Å². The molecule has 0 amide bonds. The third-order valence-corrected chi connectivity index (χ3v) is 4.90. The fourth-order valence-corrected chi connectivity index (χ4v) is 3.02. The summed E-state index contributed by atoms with van der Waals surface area (Å²) in [6.07, 6.45) is 13.8. The number of aliphatic hydroxyl groups is 1. The lowest BCUT2D eigenvalue weighted by molar-refractivity contribution is 0.341. The van der Waals surface area contributed by atoms with Crippen molar-refractivity contribution in [1.82, 2.24) is 0 Å². The van der Waals surface area contributed by atoms with Gasteiger partial charge in [0.15, 0.2) is 0 Å². The van der Waals surface area contributed by atoms with Crippen molar-refractivity contribution < 1.29 is 5.11 Å². The van der Waals surface area contributed by atoms with Gasteiger partial charge in [-0.1, -0.05) is 70.9 Å². The van der Waals surface area contributed by atoms with Crippen LogP contribution in [-0.2, 0) is 0 Å². The summed E-state index contributed by atoms with van der Waals surface area (Å²) in [6, 6.07) is 0. The highest BCUT2D eigenvalue weighted by atomic mass is 16.2. The van der Waals surface area contributed by atoms with E-state index in [1.807, 2.05) is 6.08 Å². The van der Waals surface area contributed by atoms with E-state index in [0.717, 1.165) is 24.8 Å². The molecule has 0 aromatic rings. The molecule has 22 heavy (non-hydrogen) atoms. The van der Waals surface area contributed by atoms with Crippen molar-refractivity contribution in [2.75, 3.05) is 13.2 Å². The van der Waals surface area contributed by atoms with Crippen LogP contribution in [0.5, 0.6) is 0 Å². The molecule has 0 radical (unpaired) electrons. The van der Waals surface area contributed by atoms with Crippen molar-refractivity contribution in [2.45, 2.75) is 85.5 Å². The van der Waals surface area contributed by atoms with E-state index in [1.165, 1.54) is 56.9 Å². The van der Waals surface area contributed by atoms with Crippen molar-refractivity contribution in [3.63, 3.8) is 0 Å². The van der Waals surface area contributed by atoms with Gasteiger partial charge in [0, 0.05) is 0 Å². The van der Waals surface area contributed by atoms with Crippen LogP contribution in [0.1, 0.15) is 85.5 Å². The minimum absolute atomic E-state index is 0.184. The van der Waals surface area contributed by atoms with Crippen LogP contribution in [0.3, 0.4) is 0 Å². The average Bonchev–Trinajstić information content (AvgIpc) is 2.47. The Labute approximate surface area is 139 Å². The van der Waals surface area contributed by atoms with E-state index in [-0.39, 0.29) is 6.61 Å². The maximum absolute atomic E-state index is 8.84. The van der Waals surface area contributed by atoms with Gasteiger partial charge in [0.1, 0.15) is 0 Å². The van der Waals surface area contributed by atoms with Gasteiger partial charge in [0.2, 0.25) is 0 Å². The molecule has 132 valence electrons. The van der Waals surface area contributed by atoms with Crippen LogP contribution in [-0.4, -0.2) is 18.3 Å². The molecule has 2 heteroatoms. The molecule has 0 aromatic heterocycles. The maximum atomic E-state index is 8.84. The molecule has 0 saturated carbocycles. The van der Waals surface area contributed by atoms with Crippen LogP contribution in [0, 0.1) is 17.8 Å². The molecule has 0 rings (SSSR count). The summed E-state index contributed by atoms with van der Waals surface area (Å²) in [6.45, 7) is 10.2. The van der Waals surface area contributed by atoms with Gasteiger partial charge in [-0.2, -0.15) is 0 Å². The number of hydrogen-bond acceptors (Lipinski definition) is 2. The molecule has 0 aliphatic heterocycles. The van der Waals surface area contributed by atoms with Gasteiger partial charge in [0.25, 0.3) is 0 Å². The maximum Gasteiger partial charge on any atom is 0.0614 e. The van der Waals surface area contributed by atoms with Crippen LogP contribution in [0.4, 0.5) is 0 Å². The normalized spacial score (nSPS) is 16.5. The minimum Gasteiger partial charge on any atom is -0.392 e. The van der Waals surface area contributed by atoms with Crippen molar-refractivity contribution >= 4 is 0 Å².